The van der Waals surface area contributed by atoms with Gasteiger partial charge in [0.2, 0.25) is 0 Å². The molecular formula is C17H17N5O5. The van der Waals surface area contributed by atoms with Gasteiger partial charge in [-0.2, -0.15) is 5.26 Å². The highest BCUT2D eigenvalue weighted by Gasteiger charge is 2.30. The number of nitrogens with one attached hydrogen (secondary N) is 3. The minimum atomic E-state index is -1.08. The van der Waals surface area contributed by atoms with Crippen molar-refractivity contribution >= 4 is 28.6 Å². The predicted octanol–water partition coefficient (Wildman–Crippen LogP) is 2.26. The van der Waals surface area contributed by atoms with Crippen molar-refractivity contribution in [3.05, 3.63) is 39.6 Å². The van der Waals surface area contributed by atoms with E-state index in [4.69, 9.17) is 10.4 Å². The van der Waals surface area contributed by atoms with Crippen LogP contribution in [0, 0.1) is 21.4 Å². The van der Waals surface area contributed by atoms with Crippen LogP contribution in [0.1, 0.15) is 41.7 Å². The van der Waals surface area contributed by atoms with E-state index in [9.17, 15) is 19.7 Å². The Bertz CT molecular complexity index is 953. The molecule has 0 aliphatic heterocycles. The first-order valence-electron chi connectivity index (χ1n) is 8.39. The zero-order valence-corrected chi connectivity index (χ0v) is 14.2. The van der Waals surface area contributed by atoms with E-state index in [0.717, 1.165) is 0 Å². The largest absolute Gasteiger partial charge is 0.465 e. The molecule has 1 aromatic heterocycles. The molecular weight excluding hydrogens is 354 g/mol. The second kappa shape index (κ2) is 7.33. The van der Waals surface area contributed by atoms with Crippen molar-refractivity contribution in [1.29, 1.82) is 5.26 Å². The van der Waals surface area contributed by atoms with Gasteiger partial charge in [0.05, 0.1) is 27.5 Å². The maximum atomic E-state index is 12.6. The van der Waals surface area contributed by atoms with Crippen LogP contribution in [0.25, 0.3) is 10.9 Å². The Hall–Kier alpha value is -3.61. The summed E-state index contributed by atoms with van der Waals surface area (Å²) in [4.78, 5) is 36.9. The summed E-state index contributed by atoms with van der Waals surface area (Å²) >= 11 is 0. The number of hydrogen-bond acceptors (Lipinski definition) is 5. The molecule has 1 aliphatic carbocycles. The van der Waals surface area contributed by atoms with Crippen LogP contribution >= 0.6 is 0 Å². The molecule has 4 N–H and O–H groups in total. The van der Waals surface area contributed by atoms with Gasteiger partial charge >= 0.3 is 11.8 Å². The van der Waals surface area contributed by atoms with Crippen LogP contribution in [-0.4, -0.2) is 39.1 Å². The lowest BCUT2D eigenvalue weighted by Gasteiger charge is -2.28. The summed E-state index contributed by atoms with van der Waals surface area (Å²) < 4.78 is 0. The van der Waals surface area contributed by atoms with Gasteiger partial charge in [0.25, 0.3) is 5.91 Å². The summed E-state index contributed by atoms with van der Waals surface area (Å²) in [6, 6.07) is 5.98. The van der Waals surface area contributed by atoms with Crippen molar-refractivity contribution in [2.45, 2.75) is 37.8 Å². The van der Waals surface area contributed by atoms with Gasteiger partial charge in [0.1, 0.15) is 0 Å². The monoisotopic (exact) mass is 371 g/mol. The third-order valence-electron chi connectivity index (χ3n) is 4.70. The first-order chi connectivity index (χ1) is 12.9. The maximum absolute atomic E-state index is 12.6. The molecule has 0 spiro atoms. The molecule has 0 radical (unpaired) electrons. The number of aromatic nitrogens is 1. The lowest BCUT2D eigenvalue weighted by Crippen LogP contribution is -2.43. The van der Waals surface area contributed by atoms with Crippen molar-refractivity contribution in [2.24, 2.45) is 0 Å². The lowest BCUT2D eigenvalue weighted by atomic mass is 9.91. The fourth-order valence-electron chi connectivity index (χ4n) is 3.42. The third-order valence-corrected chi connectivity index (χ3v) is 4.70. The summed E-state index contributed by atoms with van der Waals surface area (Å²) in [7, 11) is 0. The molecule has 1 fully saturated rings. The summed E-state index contributed by atoms with van der Waals surface area (Å²) in [5.41, 5.74) is 0.194. The average Bonchev–Trinajstić information content (AvgIpc) is 3.01. The van der Waals surface area contributed by atoms with E-state index in [1.54, 1.807) is 0 Å². The van der Waals surface area contributed by atoms with Crippen molar-refractivity contribution < 1.29 is 19.6 Å². The van der Waals surface area contributed by atoms with Crippen LogP contribution < -0.4 is 10.6 Å². The first-order valence-corrected chi connectivity index (χ1v) is 8.39. The molecule has 0 unspecified atom stereocenters. The summed E-state index contributed by atoms with van der Waals surface area (Å²) in [5.74, 6) is -0.592. The molecule has 27 heavy (non-hydrogen) atoms. The SMILES string of the molecule is N#Cc1ccc2c([N+](=O)[O-])c(C(=O)NC3CCC(NC(=O)O)CC3)[nH]c2c1. The van der Waals surface area contributed by atoms with E-state index in [-0.39, 0.29) is 28.9 Å². The van der Waals surface area contributed by atoms with E-state index in [1.807, 2.05) is 6.07 Å². The molecule has 0 saturated heterocycles. The molecule has 1 aliphatic rings. The molecule has 2 amide bonds. The van der Waals surface area contributed by atoms with Gasteiger partial charge in [-0.05, 0) is 43.9 Å². The molecule has 1 heterocycles. The second-order valence-electron chi connectivity index (χ2n) is 6.45. The Kier molecular flexibility index (Phi) is 4.94. The number of benzene rings is 1. The number of nitro groups is 1. The number of carbonyl (C=O) groups excluding carboxylic acids is 1. The molecule has 10 heteroatoms. The van der Waals surface area contributed by atoms with Crippen LogP contribution in [0.15, 0.2) is 18.2 Å². The first kappa shape index (κ1) is 18.2. The summed E-state index contributed by atoms with van der Waals surface area (Å²) in [6.45, 7) is 0. The Morgan fingerprint density at radius 1 is 1.22 bits per heavy atom. The normalized spacial score (nSPS) is 19.2. The Morgan fingerprint density at radius 3 is 2.41 bits per heavy atom. The maximum Gasteiger partial charge on any atom is 0.404 e. The van der Waals surface area contributed by atoms with Crippen molar-refractivity contribution in [3.8, 4) is 6.07 Å². The van der Waals surface area contributed by atoms with E-state index in [2.05, 4.69) is 15.6 Å². The number of nitriles is 1. The molecule has 0 bridgehead atoms. The minimum Gasteiger partial charge on any atom is -0.465 e. The third kappa shape index (κ3) is 3.82. The van der Waals surface area contributed by atoms with Crippen molar-refractivity contribution in [2.75, 3.05) is 0 Å². The number of amides is 2. The topological polar surface area (TPSA) is 161 Å². The molecule has 3 rings (SSSR count). The van der Waals surface area contributed by atoms with Crippen molar-refractivity contribution in [3.63, 3.8) is 0 Å². The van der Waals surface area contributed by atoms with Gasteiger partial charge < -0.3 is 20.7 Å². The Labute approximate surface area is 153 Å². The molecule has 10 nitrogen and oxygen atoms in total. The highest BCUT2D eigenvalue weighted by atomic mass is 16.6. The molecule has 0 atom stereocenters. The summed E-state index contributed by atoms with van der Waals surface area (Å²) in [5, 5.41) is 34.6. The van der Waals surface area contributed by atoms with Crippen LogP contribution in [0.5, 0.6) is 0 Å². The van der Waals surface area contributed by atoms with E-state index < -0.39 is 16.9 Å². The number of rotatable bonds is 4. The number of hydrogen-bond donors (Lipinski definition) is 4. The highest BCUT2D eigenvalue weighted by Crippen LogP contribution is 2.31. The Balaban J connectivity index is 1.78. The number of aromatic amines is 1. The molecule has 2 aromatic rings. The van der Waals surface area contributed by atoms with Crippen LogP contribution in [0.3, 0.4) is 0 Å². The fourth-order valence-corrected chi connectivity index (χ4v) is 3.42. The van der Waals surface area contributed by atoms with Gasteiger partial charge in [-0.25, -0.2) is 4.79 Å². The van der Waals surface area contributed by atoms with Gasteiger partial charge in [-0.15, -0.1) is 0 Å². The van der Waals surface area contributed by atoms with Crippen LogP contribution in [0.4, 0.5) is 10.5 Å². The number of H-pyrrole nitrogens is 1. The van der Waals surface area contributed by atoms with Crippen LogP contribution in [-0.2, 0) is 0 Å². The van der Waals surface area contributed by atoms with Gasteiger partial charge in [0.15, 0.2) is 5.69 Å². The molecule has 140 valence electrons. The van der Waals surface area contributed by atoms with Gasteiger partial charge in [-0.3, -0.25) is 14.9 Å². The average molecular weight is 371 g/mol. The van der Waals surface area contributed by atoms with Crippen molar-refractivity contribution in [1.82, 2.24) is 15.6 Å². The fraction of sp³-hybridized carbons (Fsp3) is 0.353. The zero-order chi connectivity index (χ0) is 19.6. The quantitative estimate of drug-likeness (QED) is 0.476. The van der Waals surface area contributed by atoms with Crippen LogP contribution in [0.2, 0.25) is 0 Å². The predicted molar refractivity (Wildman–Crippen MR) is 94.3 cm³/mol. The molecule has 1 aromatic carbocycles. The zero-order valence-electron chi connectivity index (χ0n) is 14.2. The van der Waals surface area contributed by atoms with E-state index >= 15 is 0 Å². The standard InChI is InChI=1S/C17H17N5O5/c18-8-9-1-6-12-13(7-9)21-14(15(12)22(26)27)16(23)19-10-2-4-11(5-3-10)20-17(24)25/h1,6-7,10-11,20-21H,2-5H2,(H,19,23)(H,24,25). The number of carbonyl (C=O) groups is 2. The highest BCUT2D eigenvalue weighted by molar-refractivity contribution is 6.06. The minimum absolute atomic E-state index is 0.150. The molecule has 1 saturated carbocycles. The Morgan fingerprint density at radius 2 is 1.85 bits per heavy atom. The smallest absolute Gasteiger partial charge is 0.404 e. The van der Waals surface area contributed by atoms with Gasteiger partial charge in [0, 0.05) is 12.1 Å². The van der Waals surface area contributed by atoms with Gasteiger partial charge in [-0.1, -0.05) is 0 Å². The lowest BCUT2D eigenvalue weighted by molar-refractivity contribution is -0.383. The van der Waals surface area contributed by atoms with E-state index in [0.29, 0.717) is 36.8 Å². The summed E-state index contributed by atoms with van der Waals surface area (Å²) in [6.07, 6.45) is 1.23. The number of carboxylic acid groups (broad SMARTS) is 1. The van der Waals surface area contributed by atoms with E-state index in [1.165, 1.54) is 18.2 Å². The second-order valence-corrected chi connectivity index (χ2v) is 6.45. The number of nitrogens with zero attached hydrogens (tertiary/aromatic N) is 2. The number of fused-ring (bicyclic) bond motifs is 1.